The number of ether oxygens (including phenoxy) is 1. The maximum absolute atomic E-state index is 12.7. The minimum Gasteiger partial charge on any atom is -0.493 e. The largest absolute Gasteiger partial charge is 0.493 e. The molecule has 1 N–H and O–H groups in total. The van der Waals surface area contributed by atoms with Crippen LogP contribution in [0.15, 0.2) is 29.6 Å². The van der Waals surface area contributed by atoms with Gasteiger partial charge < -0.3 is 14.7 Å². The van der Waals surface area contributed by atoms with Gasteiger partial charge in [-0.05, 0) is 25.0 Å². The molecule has 0 radical (unpaired) electrons. The molecule has 1 aromatic heterocycles. The molecule has 0 unspecified atom stereocenters. The Kier molecular flexibility index (Phi) is 3.81. The van der Waals surface area contributed by atoms with Gasteiger partial charge in [-0.25, -0.2) is 4.98 Å². The van der Waals surface area contributed by atoms with E-state index in [1.165, 1.54) is 11.3 Å². The number of fused-ring (bicyclic) bond motifs is 2. The maximum atomic E-state index is 12.7. The van der Waals surface area contributed by atoms with Gasteiger partial charge in [0.25, 0.3) is 5.91 Å². The van der Waals surface area contributed by atoms with Gasteiger partial charge in [-0.3, -0.25) is 4.79 Å². The minimum atomic E-state index is -0.340. The van der Waals surface area contributed by atoms with Crippen LogP contribution in [0.1, 0.15) is 21.1 Å². The molecule has 1 saturated heterocycles. The van der Waals surface area contributed by atoms with Crippen LogP contribution in [0.25, 0.3) is 0 Å². The summed E-state index contributed by atoms with van der Waals surface area (Å²) in [5, 5.41) is 12.9. The highest BCUT2D eigenvalue weighted by Gasteiger charge is 2.49. The zero-order valence-electron chi connectivity index (χ0n) is 13.6. The van der Waals surface area contributed by atoms with Gasteiger partial charge in [0.05, 0.1) is 18.2 Å². The van der Waals surface area contributed by atoms with E-state index >= 15 is 0 Å². The second-order valence-corrected chi connectivity index (χ2v) is 7.81. The predicted molar refractivity (Wildman–Crippen MR) is 91.4 cm³/mol. The number of nitrogens with zero attached hydrogens (tertiary/aromatic N) is 2. The lowest BCUT2D eigenvalue weighted by atomic mass is 9.75. The lowest BCUT2D eigenvalue weighted by Gasteiger charge is -2.30. The van der Waals surface area contributed by atoms with Gasteiger partial charge in [-0.15, -0.1) is 11.3 Å². The molecule has 4 rings (SSSR count). The number of aromatic nitrogens is 1. The van der Waals surface area contributed by atoms with Crippen LogP contribution in [0, 0.1) is 18.3 Å². The number of hydrogen-bond acceptors (Lipinski definition) is 5. The Morgan fingerprint density at radius 3 is 3.08 bits per heavy atom. The number of hydrogen-bond donors (Lipinski definition) is 1. The fourth-order valence-corrected chi connectivity index (χ4v) is 4.42. The normalized spacial score (nSPS) is 25.6. The molecule has 2 aliphatic heterocycles. The number of aliphatic hydroxyl groups excluding tert-OH is 1. The molecule has 2 aromatic rings. The molecule has 24 heavy (non-hydrogen) atoms. The zero-order chi connectivity index (χ0) is 16.7. The summed E-state index contributed by atoms with van der Waals surface area (Å²) < 4.78 is 5.96. The molecule has 6 heteroatoms. The summed E-state index contributed by atoms with van der Waals surface area (Å²) in [6.45, 7) is 3.62. The van der Waals surface area contributed by atoms with Gasteiger partial charge in [-0.1, -0.05) is 18.2 Å². The van der Waals surface area contributed by atoms with Crippen LogP contribution in [0.3, 0.4) is 0 Å². The van der Waals surface area contributed by atoms with Crippen molar-refractivity contribution in [2.45, 2.75) is 13.3 Å². The van der Waals surface area contributed by atoms with Crippen LogP contribution in [-0.4, -0.2) is 47.2 Å². The second-order valence-electron chi connectivity index (χ2n) is 6.75. The molecule has 3 heterocycles. The van der Waals surface area contributed by atoms with Crippen LogP contribution in [0.5, 0.6) is 5.75 Å². The monoisotopic (exact) mass is 344 g/mol. The van der Waals surface area contributed by atoms with Crippen molar-refractivity contribution in [2.75, 3.05) is 26.3 Å². The molecule has 0 bridgehead atoms. The van der Waals surface area contributed by atoms with Crippen molar-refractivity contribution >= 4 is 17.2 Å². The Balaban J connectivity index is 1.62. The summed E-state index contributed by atoms with van der Waals surface area (Å²) in [6.07, 6.45) is 0.726. The van der Waals surface area contributed by atoms with Gasteiger partial charge in [0.15, 0.2) is 0 Å². The highest BCUT2D eigenvalue weighted by molar-refractivity contribution is 7.09. The number of amides is 1. The van der Waals surface area contributed by atoms with Crippen molar-refractivity contribution in [3.63, 3.8) is 0 Å². The second kappa shape index (κ2) is 5.86. The van der Waals surface area contributed by atoms with E-state index in [2.05, 4.69) is 4.98 Å². The number of benzene rings is 1. The van der Waals surface area contributed by atoms with Crippen LogP contribution in [0.4, 0.5) is 0 Å². The molecule has 126 valence electrons. The van der Waals surface area contributed by atoms with Gasteiger partial charge in [0.1, 0.15) is 11.4 Å². The average molecular weight is 344 g/mol. The smallest absolute Gasteiger partial charge is 0.273 e. The van der Waals surface area contributed by atoms with Crippen molar-refractivity contribution in [1.29, 1.82) is 0 Å². The Morgan fingerprint density at radius 1 is 1.50 bits per heavy atom. The molecular weight excluding hydrogens is 324 g/mol. The predicted octanol–water partition coefficient (Wildman–Crippen LogP) is 2.14. The summed E-state index contributed by atoms with van der Waals surface area (Å²) in [6, 6.07) is 7.97. The average Bonchev–Trinajstić information content (AvgIpc) is 3.14. The molecular formula is C18H20N2O3S. The third-order valence-electron chi connectivity index (χ3n) is 5.21. The first kappa shape index (κ1) is 15.6. The van der Waals surface area contributed by atoms with Gasteiger partial charge in [-0.2, -0.15) is 0 Å². The molecule has 0 saturated carbocycles. The highest BCUT2D eigenvalue weighted by Crippen LogP contribution is 2.43. The number of carbonyl (C=O) groups excluding carboxylic acids is 1. The Bertz CT molecular complexity index is 775. The summed E-state index contributed by atoms with van der Waals surface area (Å²) in [4.78, 5) is 18.9. The summed E-state index contributed by atoms with van der Waals surface area (Å²) >= 11 is 1.48. The van der Waals surface area contributed by atoms with E-state index in [1.54, 1.807) is 0 Å². The van der Waals surface area contributed by atoms with E-state index in [1.807, 2.05) is 41.5 Å². The van der Waals surface area contributed by atoms with E-state index in [9.17, 15) is 9.90 Å². The van der Waals surface area contributed by atoms with Crippen molar-refractivity contribution < 1.29 is 14.6 Å². The first-order valence-corrected chi connectivity index (χ1v) is 9.02. The van der Waals surface area contributed by atoms with E-state index in [0.717, 1.165) is 22.7 Å². The SMILES string of the molecule is Cc1nc(C(=O)N2C[C@H]3COc4ccccc4C[C@@]3(CO)C2)cs1. The number of thiazole rings is 1. The van der Waals surface area contributed by atoms with Crippen molar-refractivity contribution in [1.82, 2.24) is 9.88 Å². The molecule has 5 nitrogen and oxygen atoms in total. The third-order valence-corrected chi connectivity index (χ3v) is 5.98. The van der Waals surface area contributed by atoms with Gasteiger partial charge in [0.2, 0.25) is 0 Å². The molecule has 0 spiro atoms. The molecule has 2 atom stereocenters. The molecule has 1 amide bonds. The quantitative estimate of drug-likeness (QED) is 0.907. The summed E-state index contributed by atoms with van der Waals surface area (Å²) in [5.41, 5.74) is 1.27. The van der Waals surface area contributed by atoms with E-state index in [0.29, 0.717) is 25.4 Å². The van der Waals surface area contributed by atoms with Crippen LogP contribution in [-0.2, 0) is 6.42 Å². The van der Waals surface area contributed by atoms with Gasteiger partial charge >= 0.3 is 0 Å². The number of likely N-dealkylation sites (tertiary alicyclic amines) is 1. The summed E-state index contributed by atoms with van der Waals surface area (Å²) in [7, 11) is 0. The first-order valence-electron chi connectivity index (χ1n) is 8.14. The standard InChI is InChI=1S/C18H20N2O3S/c1-12-19-15(9-24-12)17(22)20-7-14-8-23-16-5-3-2-4-13(16)6-18(14,10-20)11-21/h2-5,9,14,21H,6-8,10-11H2,1H3/t14-,18-/m0/s1. The van der Waals surface area contributed by atoms with E-state index in [-0.39, 0.29) is 23.8 Å². The topological polar surface area (TPSA) is 62.7 Å². The minimum absolute atomic E-state index is 0.0477. The molecule has 1 fully saturated rings. The van der Waals surface area contributed by atoms with Crippen LogP contribution >= 0.6 is 11.3 Å². The third kappa shape index (κ3) is 2.50. The first-order chi connectivity index (χ1) is 11.6. The maximum Gasteiger partial charge on any atom is 0.273 e. The number of para-hydroxylation sites is 1. The van der Waals surface area contributed by atoms with Crippen molar-refractivity contribution in [3.8, 4) is 5.75 Å². The lowest BCUT2D eigenvalue weighted by molar-refractivity contribution is 0.0691. The molecule has 0 aliphatic carbocycles. The number of aryl methyl sites for hydroxylation is 1. The van der Waals surface area contributed by atoms with Crippen molar-refractivity contribution in [3.05, 3.63) is 45.9 Å². The molecule has 1 aromatic carbocycles. The van der Waals surface area contributed by atoms with Gasteiger partial charge in [0, 0.05) is 29.8 Å². The zero-order valence-corrected chi connectivity index (χ0v) is 14.4. The molecule has 2 aliphatic rings. The highest BCUT2D eigenvalue weighted by atomic mass is 32.1. The Morgan fingerprint density at radius 2 is 2.33 bits per heavy atom. The fourth-order valence-electron chi connectivity index (χ4n) is 3.84. The fraction of sp³-hybridized carbons (Fsp3) is 0.444. The number of aliphatic hydroxyl groups is 1. The van der Waals surface area contributed by atoms with E-state index < -0.39 is 0 Å². The number of rotatable bonds is 2. The Hall–Kier alpha value is -1.92. The van der Waals surface area contributed by atoms with Crippen LogP contribution in [0.2, 0.25) is 0 Å². The number of carbonyl (C=O) groups is 1. The Labute approximate surface area is 144 Å². The lowest BCUT2D eigenvalue weighted by Crippen LogP contribution is -2.38. The van der Waals surface area contributed by atoms with E-state index in [4.69, 9.17) is 4.74 Å². The van der Waals surface area contributed by atoms with Crippen LogP contribution < -0.4 is 4.74 Å². The van der Waals surface area contributed by atoms with Crippen molar-refractivity contribution in [2.24, 2.45) is 11.3 Å². The summed E-state index contributed by atoms with van der Waals surface area (Å²) in [5.74, 6) is 0.972.